The van der Waals surface area contributed by atoms with Crippen LogP contribution in [0.5, 0.6) is 5.75 Å². The molecule has 6 nitrogen and oxygen atoms in total. The number of hydrogen-bond donors (Lipinski definition) is 1. The molecular weight excluding hydrogens is 471 g/mol. The van der Waals surface area contributed by atoms with Gasteiger partial charge in [-0.1, -0.05) is 64.4 Å². The summed E-state index contributed by atoms with van der Waals surface area (Å²) in [6, 6.07) is 16.3. The minimum absolute atomic E-state index is 0.269. The molecule has 1 aliphatic rings. The van der Waals surface area contributed by atoms with Crippen LogP contribution < -0.4 is 10.5 Å². The van der Waals surface area contributed by atoms with E-state index in [1.807, 2.05) is 57.9 Å². The topological polar surface area (TPSA) is 91.5 Å². The molecule has 37 heavy (non-hydrogen) atoms. The van der Waals surface area contributed by atoms with Crippen molar-refractivity contribution < 1.29 is 23.5 Å². The molecule has 2 unspecified atom stereocenters. The van der Waals surface area contributed by atoms with Crippen LogP contribution in [0.1, 0.15) is 58.7 Å². The van der Waals surface area contributed by atoms with Gasteiger partial charge in [0.15, 0.2) is 11.6 Å². The first-order chi connectivity index (χ1) is 18.0. The molecule has 0 radical (unpaired) electrons. The lowest BCUT2D eigenvalue weighted by atomic mass is 10.1. The smallest absolute Gasteiger partial charge is 0.293 e. The van der Waals surface area contributed by atoms with Gasteiger partial charge < -0.3 is 20.0 Å². The van der Waals surface area contributed by atoms with Crippen LogP contribution in [0.25, 0.3) is 10.9 Å². The van der Waals surface area contributed by atoms with Crippen LogP contribution in [0.3, 0.4) is 0 Å². The zero-order valence-corrected chi connectivity index (χ0v) is 23.5. The second-order valence-corrected chi connectivity index (χ2v) is 7.59. The summed E-state index contributed by atoms with van der Waals surface area (Å²) in [4.78, 5) is 21.7. The van der Waals surface area contributed by atoms with Crippen molar-refractivity contribution in [2.45, 2.75) is 61.0 Å². The zero-order valence-electron chi connectivity index (χ0n) is 23.5. The largest absolute Gasteiger partial charge is 0.486 e. The average molecular weight is 517 g/mol. The van der Waals surface area contributed by atoms with E-state index in [1.165, 1.54) is 26.0 Å². The molecule has 1 heterocycles. The summed E-state index contributed by atoms with van der Waals surface area (Å²) >= 11 is 0. The summed E-state index contributed by atoms with van der Waals surface area (Å²) in [5, 5.41) is 1.04. The van der Waals surface area contributed by atoms with Gasteiger partial charge in [0.1, 0.15) is 13.4 Å². The fourth-order valence-electron chi connectivity index (χ4n) is 3.27. The van der Waals surface area contributed by atoms with Crippen molar-refractivity contribution in [3.05, 3.63) is 71.7 Å². The van der Waals surface area contributed by atoms with Crippen LogP contribution in [0.15, 0.2) is 54.6 Å². The molecule has 1 aliphatic carbocycles. The maximum atomic E-state index is 13.5. The molecule has 2 atom stereocenters. The number of hydrogen-bond acceptors (Lipinski definition) is 6. The van der Waals surface area contributed by atoms with Gasteiger partial charge in [0.2, 0.25) is 0 Å². The third kappa shape index (κ3) is 14.7. The molecule has 3 aromatic rings. The number of ether oxygens (including phenoxy) is 2. The molecule has 0 amide bonds. The van der Waals surface area contributed by atoms with Crippen LogP contribution >= 0.6 is 0 Å². The maximum absolute atomic E-state index is 13.5. The van der Waals surface area contributed by atoms with Crippen molar-refractivity contribution in [1.29, 1.82) is 0 Å². The van der Waals surface area contributed by atoms with Crippen LogP contribution in [0.4, 0.5) is 4.39 Å². The molecule has 2 aromatic carbocycles. The van der Waals surface area contributed by atoms with Crippen molar-refractivity contribution in [1.82, 2.24) is 4.98 Å². The zero-order chi connectivity index (χ0) is 28.6. The van der Waals surface area contributed by atoms with E-state index in [0.717, 1.165) is 34.0 Å². The Morgan fingerprint density at radius 2 is 1.65 bits per heavy atom. The number of aryl methyl sites for hydroxylation is 1. The molecule has 7 heteroatoms. The highest BCUT2D eigenvalue weighted by molar-refractivity contribution is 5.82. The highest BCUT2D eigenvalue weighted by Gasteiger charge is 2.29. The molecular formula is C30H45FN2O4. The van der Waals surface area contributed by atoms with E-state index in [-0.39, 0.29) is 11.6 Å². The van der Waals surface area contributed by atoms with Crippen LogP contribution in [0, 0.1) is 24.6 Å². The number of nitrogens with zero attached hydrogens (tertiary/aromatic N) is 1. The van der Waals surface area contributed by atoms with E-state index in [0.29, 0.717) is 19.7 Å². The Hall–Kier alpha value is -3.32. The Balaban J connectivity index is 0. The van der Waals surface area contributed by atoms with E-state index in [1.54, 1.807) is 25.1 Å². The van der Waals surface area contributed by atoms with Gasteiger partial charge >= 0.3 is 0 Å². The summed E-state index contributed by atoms with van der Waals surface area (Å²) in [5.41, 5.74) is 7.37. The molecule has 1 saturated carbocycles. The first-order valence-electron chi connectivity index (χ1n) is 12.6. The lowest BCUT2D eigenvalue weighted by Crippen LogP contribution is -2.00. The van der Waals surface area contributed by atoms with Gasteiger partial charge in [-0.15, -0.1) is 0 Å². The van der Waals surface area contributed by atoms with Gasteiger partial charge in [-0.25, -0.2) is 4.39 Å². The van der Waals surface area contributed by atoms with Crippen molar-refractivity contribution in [3.63, 3.8) is 0 Å². The molecule has 4 rings (SSSR count). The van der Waals surface area contributed by atoms with Gasteiger partial charge in [-0.3, -0.25) is 9.78 Å². The number of carbonyl (C=O) groups is 2. The quantitative estimate of drug-likeness (QED) is 0.358. The Morgan fingerprint density at radius 3 is 2.11 bits per heavy atom. The number of para-hydroxylation sites is 2. The average Bonchev–Trinajstić information content (AvgIpc) is 3.68. The summed E-state index contributed by atoms with van der Waals surface area (Å²) in [6.07, 6.45) is 2.90. The summed E-state index contributed by atoms with van der Waals surface area (Å²) < 4.78 is 23.3. The summed E-state index contributed by atoms with van der Waals surface area (Å²) in [6.45, 7) is 15.5. The minimum atomic E-state index is -0.345. The number of carbonyl (C=O) groups excluding carboxylic acids is 2. The van der Waals surface area contributed by atoms with Crippen LogP contribution in [-0.2, 0) is 20.9 Å². The number of nitrogens with two attached hydrogens (primary N) is 1. The second kappa shape index (κ2) is 23.1. The maximum Gasteiger partial charge on any atom is 0.293 e. The van der Waals surface area contributed by atoms with Crippen molar-refractivity contribution in [2.24, 2.45) is 17.6 Å². The van der Waals surface area contributed by atoms with Gasteiger partial charge in [-0.05, 0) is 63.4 Å². The van der Waals surface area contributed by atoms with E-state index in [2.05, 4.69) is 29.3 Å². The third-order valence-corrected chi connectivity index (χ3v) is 5.18. The molecule has 0 aliphatic heterocycles. The molecule has 0 bridgehead atoms. The van der Waals surface area contributed by atoms with Gasteiger partial charge in [-0.2, -0.15) is 0 Å². The Labute approximate surface area is 222 Å². The van der Waals surface area contributed by atoms with E-state index >= 15 is 0 Å². The first kappa shape index (κ1) is 35.8. The third-order valence-electron chi connectivity index (χ3n) is 5.18. The molecule has 2 N–H and O–H groups in total. The molecule has 206 valence electrons. The number of benzene rings is 2. The molecule has 1 aromatic heterocycles. The number of aromatic nitrogens is 1. The van der Waals surface area contributed by atoms with Crippen LogP contribution in [0.2, 0.25) is 0 Å². The van der Waals surface area contributed by atoms with Crippen LogP contribution in [-0.4, -0.2) is 31.9 Å². The number of fused-ring (bicyclic) bond motifs is 1. The lowest BCUT2D eigenvalue weighted by Gasteiger charge is -2.10. The number of pyridine rings is 1. The number of rotatable bonds is 6. The fraction of sp³-hybridized carbons (Fsp3) is 0.433. The monoisotopic (exact) mass is 516 g/mol. The van der Waals surface area contributed by atoms with Crippen molar-refractivity contribution >= 4 is 24.2 Å². The van der Waals surface area contributed by atoms with Gasteiger partial charge in [0.25, 0.3) is 6.47 Å². The minimum Gasteiger partial charge on any atom is -0.486 e. The highest BCUT2D eigenvalue weighted by atomic mass is 19.1. The second-order valence-electron chi connectivity index (χ2n) is 7.59. The van der Waals surface area contributed by atoms with E-state index in [4.69, 9.17) is 9.53 Å². The normalized spacial score (nSPS) is 14.1. The van der Waals surface area contributed by atoms with Crippen molar-refractivity contribution in [3.8, 4) is 5.75 Å². The Kier molecular flexibility index (Phi) is 22.4. The highest BCUT2D eigenvalue weighted by Crippen LogP contribution is 2.39. The Bertz CT molecular complexity index is 983. The molecule has 1 fully saturated rings. The SMILES string of the molecule is C=O.CC.CCC1CC1C.CCOC=O.CN.Cc1cc(COc2ccccc2F)c2ccccc2n1. The lowest BCUT2D eigenvalue weighted by molar-refractivity contribution is -0.128. The number of halogens is 1. The molecule has 0 spiro atoms. The van der Waals surface area contributed by atoms with Crippen molar-refractivity contribution in [2.75, 3.05) is 13.7 Å². The summed E-state index contributed by atoms with van der Waals surface area (Å²) in [7, 11) is 1.50. The Morgan fingerprint density at radius 1 is 1.08 bits per heavy atom. The van der Waals surface area contributed by atoms with E-state index < -0.39 is 0 Å². The standard InChI is InChI=1S/C17H14FNO.C6H12.C3H6O2.C2H6.CH5N.CH2O/c1-12-10-13(14-6-2-4-8-16(14)19-12)11-20-17-9-5-3-7-15(17)18;1-3-6-4-5(6)2;1-2-5-3-4;3*1-2/h2-10H,11H2,1H3;5-6H,3-4H2,1-2H3;3H,2H2,1H3;1-2H3;2H2,1H3;1H2. The predicted molar refractivity (Wildman–Crippen MR) is 151 cm³/mol. The molecule has 0 saturated heterocycles. The summed E-state index contributed by atoms with van der Waals surface area (Å²) in [5.74, 6) is 2.09. The van der Waals surface area contributed by atoms with E-state index in [9.17, 15) is 9.18 Å². The fourth-order valence-corrected chi connectivity index (χ4v) is 3.27. The van der Waals surface area contributed by atoms with Gasteiger partial charge in [0.05, 0.1) is 12.1 Å². The van der Waals surface area contributed by atoms with Gasteiger partial charge in [0, 0.05) is 16.6 Å². The first-order valence-corrected chi connectivity index (χ1v) is 12.6. The predicted octanol–water partition coefficient (Wildman–Crippen LogP) is 6.91.